The molecule has 0 bridgehead atoms. The van der Waals surface area contributed by atoms with E-state index in [0.717, 1.165) is 17.9 Å². The molecule has 82 valence electrons. The van der Waals surface area contributed by atoms with E-state index in [9.17, 15) is 4.79 Å². The standard InChI is InChI=1S/C11H15NOS2/c1-2-9-11(15-7-6-14-9)10(13)8-4-3-5-12-8/h3-5,9,11-12H,2,6-7H2,1H3. The van der Waals surface area contributed by atoms with Crippen LogP contribution in [-0.2, 0) is 0 Å². The van der Waals surface area contributed by atoms with Crippen molar-refractivity contribution in [3.63, 3.8) is 0 Å². The van der Waals surface area contributed by atoms with E-state index in [-0.39, 0.29) is 11.0 Å². The van der Waals surface area contributed by atoms with Gasteiger partial charge in [0.2, 0.25) is 0 Å². The van der Waals surface area contributed by atoms with Crippen molar-refractivity contribution in [3.05, 3.63) is 24.0 Å². The Balaban J connectivity index is 2.11. The summed E-state index contributed by atoms with van der Waals surface area (Å²) in [5.74, 6) is 2.54. The first-order valence-corrected chi connectivity index (χ1v) is 7.33. The van der Waals surface area contributed by atoms with Crippen LogP contribution in [0.2, 0.25) is 0 Å². The molecule has 0 amide bonds. The third kappa shape index (κ3) is 2.42. The zero-order chi connectivity index (χ0) is 10.7. The maximum atomic E-state index is 12.2. The number of carbonyl (C=O) groups is 1. The van der Waals surface area contributed by atoms with Gasteiger partial charge in [-0.2, -0.15) is 11.8 Å². The third-order valence-electron chi connectivity index (χ3n) is 2.57. The van der Waals surface area contributed by atoms with Gasteiger partial charge in [-0.25, -0.2) is 0 Å². The summed E-state index contributed by atoms with van der Waals surface area (Å²) in [6.45, 7) is 2.17. The number of hydrogen-bond acceptors (Lipinski definition) is 3. The summed E-state index contributed by atoms with van der Waals surface area (Å²) < 4.78 is 0. The molecule has 0 radical (unpaired) electrons. The summed E-state index contributed by atoms with van der Waals surface area (Å²) in [5, 5.41) is 0.631. The van der Waals surface area contributed by atoms with E-state index >= 15 is 0 Å². The predicted octanol–water partition coefficient (Wildman–Crippen LogP) is 2.82. The molecule has 1 N–H and O–H groups in total. The quantitative estimate of drug-likeness (QED) is 0.826. The van der Waals surface area contributed by atoms with Gasteiger partial charge >= 0.3 is 0 Å². The minimum Gasteiger partial charge on any atom is -0.359 e. The zero-order valence-corrected chi connectivity index (χ0v) is 10.4. The van der Waals surface area contributed by atoms with Crippen LogP contribution in [-0.4, -0.2) is 32.8 Å². The first-order valence-electron chi connectivity index (χ1n) is 5.23. The Morgan fingerprint density at radius 2 is 2.33 bits per heavy atom. The molecule has 2 rings (SSSR count). The second-order valence-electron chi connectivity index (χ2n) is 3.56. The van der Waals surface area contributed by atoms with Crippen molar-refractivity contribution in [3.8, 4) is 0 Å². The zero-order valence-electron chi connectivity index (χ0n) is 8.73. The molecule has 0 aromatic carbocycles. The number of hydrogen-bond donors (Lipinski definition) is 1. The topological polar surface area (TPSA) is 32.9 Å². The number of aromatic amines is 1. The fraction of sp³-hybridized carbons (Fsp3) is 0.545. The van der Waals surface area contributed by atoms with E-state index in [1.807, 2.05) is 41.9 Å². The van der Waals surface area contributed by atoms with Gasteiger partial charge in [0.25, 0.3) is 0 Å². The number of ketones is 1. The van der Waals surface area contributed by atoms with Crippen LogP contribution < -0.4 is 0 Å². The Morgan fingerprint density at radius 1 is 1.53 bits per heavy atom. The summed E-state index contributed by atoms with van der Waals surface area (Å²) in [6.07, 6.45) is 2.89. The van der Waals surface area contributed by atoms with Gasteiger partial charge in [0, 0.05) is 23.0 Å². The number of aromatic nitrogens is 1. The van der Waals surface area contributed by atoms with Crippen LogP contribution in [0.25, 0.3) is 0 Å². The molecule has 0 aliphatic carbocycles. The predicted molar refractivity (Wildman–Crippen MR) is 67.9 cm³/mol. The number of carbonyl (C=O) groups excluding carboxylic acids is 1. The minimum atomic E-state index is 0.146. The molecule has 15 heavy (non-hydrogen) atoms. The monoisotopic (exact) mass is 241 g/mol. The minimum absolute atomic E-state index is 0.146. The van der Waals surface area contributed by atoms with Gasteiger partial charge in [-0.15, -0.1) is 11.8 Å². The molecule has 2 unspecified atom stereocenters. The number of H-pyrrole nitrogens is 1. The molecule has 0 saturated carbocycles. The molecule has 4 heteroatoms. The maximum Gasteiger partial charge on any atom is 0.193 e. The Kier molecular flexibility index (Phi) is 3.81. The average molecular weight is 241 g/mol. The van der Waals surface area contributed by atoms with E-state index in [4.69, 9.17) is 0 Å². The lowest BCUT2D eigenvalue weighted by Gasteiger charge is -2.28. The first-order chi connectivity index (χ1) is 7.33. The summed E-state index contributed by atoms with van der Waals surface area (Å²) >= 11 is 3.75. The van der Waals surface area contributed by atoms with Gasteiger partial charge in [-0.05, 0) is 18.6 Å². The highest BCUT2D eigenvalue weighted by molar-refractivity contribution is 8.07. The third-order valence-corrected chi connectivity index (χ3v) is 5.82. The summed E-state index contributed by atoms with van der Waals surface area (Å²) in [7, 11) is 0. The number of nitrogens with one attached hydrogen (secondary N) is 1. The highest BCUT2D eigenvalue weighted by Crippen LogP contribution is 2.34. The molecular weight excluding hydrogens is 226 g/mol. The van der Waals surface area contributed by atoms with Crippen LogP contribution >= 0.6 is 23.5 Å². The summed E-state index contributed by atoms with van der Waals surface area (Å²) in [4.78, 5) is 15.2. The summed E-state index contributed by atoms with van der Waals surface area (Å²) in [5.41, 5.74) is 0.758. The van der Waals surface area contributed by atoms with Crippen LogP contribution in [0.4, 0.5) is 0 Å². The molecule has 2 nitrogen and oxygen atoms in total. The fourth-order valence-corrected chi connectivity index (χ4v) is 4.80. The number of thioether (sulfide) groups is 2. The van der Waals surface area contributed by atoms with Gasteiger partial charge in [0.05, 0.1) is 10.9 Å². The van der Waals surface area contributed by atoms with Crippen molar-refractivity contribution in [2.75, 3.05) is 11.5 Å². The molecule has 1 aliphatic rings. The Labute approximate surface area is 98.6 Å². The highest BCUT2D eigenvalue weighted by Gasteiger charge is 2.31. The Hall–Kier alpha value is -0.350. The van der Waals surface area contributed by atoms with Crippen LogP contribution in [0.15, 0.2) is 18.3 Å². The van der Waals surface area contributed by atoms with E-state index in [2.05, 4.69) is 11.9 Å². The molecule has 1 fully saturated rings. The van der Waals surface area contributed by atoms with E-state index < -0.39 is 0 Å². The fourth-order valence-electron chi connectivity index (χ4n) is 1.78. The van der Waals surface area contributed by atoms with E-state index in [0.29, 0.717) is 5.25 Å². The van der Waals surface area contributed by atoms with Gasteiger partial charge in [0.15, 0.2) is 5.78 Å². The molecule has 1 saturated heterocycles. The summed E-state index contributed by atoms with van der Waals surface area (Å²) in [6, 6.07) is 3.75. The van der Waals surface area contributed by atoms with Crippen molar-refractivity contribution in [1.29, 1.82) is 0 Å². The number of rotatable bonds is 3. The Morgan fingerprint density at radius 3 is 3.00 bits per heavy atom. The van der Waals surface area contributed by atoms with Crippen LogP contribution in [0.1, 0.15) is 23.8 Å². The maximum absolute atomic E-state index is 12.2. The van der Waals surface area contributed by atoms with Gasteiger partial charge in [-0.3, -0.25) is 4.79 Å². The van der Waals surface area contributed by atoms with Gasteiger partial charge in [0.1, 0.15) is 0 Å². The molecule has 1 aromatic rings. The SMILES string of the molecule is CCC1SCCSC1C(=O)c1ccc[nH]1. The lowest BCUT2D eigenvalue weighted by molar-refractivity contribution is 0.0984. The molecule has 2 atom stereocenters. The lowest BCUT2D eigenvalue weighted by Crippen LogP contribution is -2.32. The molecule has 1 aliphatic heterocycles. The normalized spacial score (nSPS) is 26.5. The van der Waals surface area contributed by atoms with E-state index in [1.165, 1.54) is 5.75 Å². The van der Waals surface area contributed by atoms with Crippen molar-refractivity contribution >= 4 is 29.3 Å². The second-order valence-corrected chi connectivity index (χ2v) is 6.15. The van der Waals surface area contributed by atoms with Crippen LogP contribution in [0, 0.1) is 0 Å². The molecule has 0 spiro atoms. The first kappa shape index (κ1) is 11.1. The van der Waals surface area contributed by atoms with Crippen LogP contribution in [0.3, 0.4) is 0 Å². The molecule has 2 heterocycles. The molecular formula is C11H15NOS2. The van der Waals surface area contributed by atoms with Crippen molar-refractivity contribution in [2.24, 2.45) is 0 Å². The molecule has 1 aromatic heterocycles. The average Bonchev–Trinajstić information content (AvgIpc) is 2.81. The Bertz CT molecular complexity index is 323. The van der Waals surface area contributed by atoms with Crippen molar-refractivity contribution < 1.29 is 4.79 Å². The van der Waals surface area contributed by atoms with Gasteiger partial charge < -0.3 is 4.98 Å². The van der Waals surface area contributed by atoms with Crippen LogP contribution in [0.5, 0.6) is 0 Å². The van der Waals surface area contributed by atoms with Gasteiger partial charge in [-0.1, -0.05) is 6.92 Å². The van der Waals surface area contributed by atoms with Crippen molar-refractivity contribution in [2.45, 2.75) is 23.8 Å². The smallest absolute Gasteiger partial charge is 0.193 e. The van der Waals surface area contributed by atoms with E-state index in [1.54, 1.807) is 0 Å². The highest BCUT2D eigenvalue weighted by atomic mass is 32.2. The lowest BCUT2D eigenvalue weighted by atomic mass is 10.1. The second kappa shape index (κ2) is 5.12. The number of Topliss-reactive ketones (excluding diaryl/α,β-unsaturated/α-hetero) is 1. The van der Waals surface area contributed by atoms with Crippen molar-refractivity contribution in [1.82, 2.24) is 4.98 Å². The largest absolute Gasteiger partial charge is 0.359 e.